The van der Waals surface area contributed by atoms with Gasteiger partial charge in [0.2, 0.25) is 10.0 Å². The molecule has 0 aliphatic rings. The Labute approximate surface area is 253 Å². The highest BCUT2D eigenvalue weighted by Crippen LogP contribution is 2.40. The van der Waals surface area contributed by atoms with Crippen molar-refractivity contribution in [3.05, 3.63) is 172 Å². The molecular formula is C35H34ClN3O2S. The van der Waals surface area contributed by atoms with Crippen molar-refractivity contribution < 1.29 is 8.42 Å². The molecule has 42 heavy (non-hydrogen) atoms. The molecule has 5 rings (SSSR count). The Kier molecular flexibility index (Phi) is 9.70. The van der Waals surface area contributed by atoms with E-state index in [1.165, 1.54) is 5.41 Å². The van der Waals surface area contributed by atoms with E-state index in [4.69, 9.17) is 16.6 Å². The highest BCUT2D eigenvalue weighted by atomic mass is 35.5. The number of nitrogens with zero attached hydrogens (tertiary/aromatic N) is 2. The third kappa shape index (κ3) is 7.08. The van der Waals surface area contributed by atoms with Crippen LogP contribution in [0.4, 0.5) is 0 Å². The van der Waals surface area contributed by atoms with Gasteiger partial charge in [-0.2, -0.15) is 0 Å². The number of rotatable bonds is 13. The molecule has 5 aromatic rings. The second kappa shape index (κ2) is 13.8. The first-order valence-corrected chi connectivity index (χ1v) is 16.0. The molecule has 0 bridgehead atoms. The third-order valence-corrected chi connectivity index (χ3v) is 8.67. The van der Waals surface area contributed by atoms with Gasteiger partial charge in [-0.05, 0) is 60.1 Å². The maximum absolute atomic E-state index is 12.3. The summed E-state index contributed by atoms with van der Waals surface area (Å²) in [4.78, 5) is 4.81. The number of halogens is 1. The minimum absolute atomic E-state index is 0.225. The third-order valence-electron chi connectivity index (χ3n) is 7.32. The van der Waals surface area contributed by atoms with Gasteiger partial charge >= 0.3 is 0 Å². The van der Waals surface area contributed by atoms with Gasteiger partial charge in [0.05, 0.1) is 12.0 Å². The van der Waals surface area contributed by atoms with Gasteiger partial charge in [-0.15, -0.1) is 0 Å². The fourth-order valence-electron chi connectivity index (χ4n) is 5.26. The van der Waals surface area contributed by atoms with Gasteiger partial charge in [-0.1, -0.05) is 121 Å². The van der Waals surface area contributed by atoms with Crippen LogP contribution < -0.4 is 4.72 Å². The van der Waals surface area contributed by atoms with E-state index in [-0.39, 0.29) is 6.54 Å². The SMILES string of the molecule is O=S(=O)(/C=C/CCCCc1cn(C(c2ccccc2)(c2ccccc2)c2ccccc2)cn1)NCc1ccc(Cl)cc1. The van der Waals surface area contributed by atoms with Gasteiger partial charge in [0, 0.05) is 23.2 Å². The summed E-state index contributed by atoms with van der Waals surface area (Å²) in [6, 6.07) is 38.7. The van der Waals surface area contributed by atoms with Crippen molar-refractivity contribution >= 4 is 21.6 Å². The zero-order chi connectivity index (χ0) is 29.3. The van der Waals surface area contributed by atoms with E-state index in [2.05, 4.69) is 88.3 Å². The van der Waals surface area contributed by atoms with Gasteiger partial charge in [-0.25, -0.2) is 18.1 Å². The van der Waals surface area contributed by atoms with Crippen LogP contribution in [-0.4, -0.2) is 18.0 Å². The van der Waals surface area contributed by atoms with Gasteiger partial charge < -0.3 is 4.57 Å². The first-order chi connectivity index (χ1) is 20.5. The molecule has 7 heteroatoms. The van der Waals surface area contributed by atoms with E-state index in [0.29, 0.717) is 11.4 Å². The lowest BCUT2D eigenvalue weighted by Gasteiger charge is -2.37. The number of aryl methyl sites for hydroxylation is 1. The normalized spacial score (nSPS) is 12.1. The van der Waals surface area contributed by atoms with E-state index in [1.54, 1.807) is 30.3 Å². The van der Waals surface area contributed by atoms with Crippen molar-refractivity contribution in [2.24, 2.45) is 0 Å². The molecule has 0 radical (unpaired) electrons. The number of hydrogen-bond acceptors (Lipinski definition) is 3. The molecule has 0 aliphatic carbocycles. The van der Waals surface area contributed by atoms with Gasteiger partial charge in [0.15, 0.2) is 0 Å². The topological polar surface area (TPSA) is 64.0 Å². The number of sulfonamides is 1. The van der Waals surface area contributed by atoms with Crippen LogP contribution in [0.25, 0.3) is 0 Å². The molecule has 0 aliphatic heterocycles. The van der Waals surface area contributed by atoms with Crippen molar-refractivity contribution in [1.29, 1.82) is 0 Å². The first-order valence-electron chi connectivity index (χ1n) is 14.1. The molecule has 1 aromatic heterocycles. The van der Waals surface area contributed by atoms with Gasteiger partial charge in [0.25, 0.3) is 0 Å². The fraction of sp³-hybridized carbons (Fsp3) is 0.171. The summed E-state index contributed by atoms with van der Waals surface area (Å²) in [5.41, 5.74) is 4.74. The molecule has 0 unspecified atom stereocenters. The molecule has 0 spiro atoms. The summed E-state index contributed by atoms with van der Waals surface area (Å²) in [7, 11) is -3.50. The van der Waals surface area contributed by atoms with E-state index in [0.717, 1.165) is 47.2 Å². The number of benzene rings is 4. The van der Waals surface area contributed by atoms with Crippen LogP contribution in [0.2, 0.25) is 5.02 Å². The minimum atomic E-state index is -3.50. The second-order valence-electron chi connectivity index (χ2n) is 10.2. The molecule has 0 atom stereocenters. The minimum Gasteiger partial charge on any atom is -0.319 e. The molecular weight excluding hydrogens is 562 g/mol. The zero-order valence-corrected chi connectivity index (χ0v) is 24.9. The number of nitrogens with one attached hydrogen (secondary N) is 1. The first kappa shape index (κ1) is 29.5. The molecule has 0 saturated heterocycles. The molecule has 4 aromatic carbocycles. The highest BCUT2D eigenvalue weighted by molar-refractivity contribution is 7.92. The summed E-state index contributed by atoms with van der Waals surface area (Å²) in [6.45, 7) is 0.225. The van der Waals surface area contributed by atoms with Crippen LogP contribution in [0.15, 0.2) is 139 Å². The lowest BCUT2D eigenvalue weighted by atomic mass is 9.77. The van der Waals surface area contributed by atoms with Crippen molar-refractivity contribution in [1.82, 2.24) is 14.3 Å². The molecule has 214 valence electrons. The molecule has 0 fully saturated rings. The Morgan fingerprint density at radius 1 is 0.762 bits per heavy atom. The van der Waals surface area contributed by atoms with E-state index >= 15 is 0 Å². The number of hydrogen-bond donors (Lipinski definition) is 1. The second-order valence-corrected chi connectivity index (χ2v) is 12.3. The van der Waals surface area contributed by atoms with Crippen LogP contribution in [0.3, 0.4) is 0 Å². The van der Waals surface area contributed by atoms with E-state index < -0.39 is 15.6 Å². The summed E-state index contributed by atoms with van der Waals surface area (Å²) in [5.74, 6) is 0. The Bertz CT molecular complexity index is 1590. The van der Waals surface area contributed by atoms with Crippen molar-refractivity contribution in [2.45, 2.75) is 37.8 Å². The molecule has 0 saturated carbocycles. The maximum Gasteiger partial charge on any atom is 0.233 e. The number of aromatic nitrogens is 2. The largest absolute Gasteiger partial charge is 0.319 e. The molecule has 1 heterocycles. The molecule has 1 N–H and O–H groups in total. The highest BCUT2D eigenvalue weighted by Gasteiger charge is 2.38. The quantitative estimate of drug-likeness (QED) is 0.112. The Morgan fingerprint density at radius 3 is 1.86 bits per heavy atom. The standard InChI is InChI=1S/C35H34ClN3O2S/c36-33-23-21-29(22-24-33)26-38-42(40,41)25-13-2-1-12-20-34-27-39(28-37-34)35(30-14-6-3-7-15-30,31-16-8-4-9-17-31)32-18-10-5-11-19-32/h3-11,13-19,21-25,27-28,38H,1-2,12,20,26H2/b25-13+. The predicted octanol–water partition coefficient (Wildman–Crippen LogP) is 7.72. The van der Waals surface area contributed by atoms with Gasteiger partial charge in [-0.3, -0.25) is 0 Å². The van der Waals surface area contributed by atoms with Crippen LogP contribution in [-0.2, 0) is 28.5 Å². The van der Waals surface area contributed by atoms with Crippen molar-refractivity contribution in [2.75, 3.05) is 0 Å². The summed E-state index contributed by atoms with van der Waals surface area (Å²) in [5, 5.41) is 1.88. The number of unbranched alkanes of at least 4 members (excludes halogenated alkanes) is 2. The lowest BCUT2D eigenvalue weighted by Crippen LogP contribution is -2.36. The fourth-order valence-corrected chi connectivity index (χ4v) is 6.24. The smallest absolute Gasteiger partial charge is 0.233 e. The van der Waals surface area contributed by atoms with Crippen LogP contribution in [0.1, 0.15) is 47.2 Å². The molecule has 5 nitrogen and oxygen atoms in total. The predicted molar refractivity (Wildman–Crippen MR) is 171 cm³/mol. The summed E-state index contributed by atoms with van der Waals surface area (Å²) < 4.78 is 29.5. The van der Waals surface area contributed by atoms with E-state index in [9.17, 15) is 8.42 Å². The summed E-state index contributed by atoms with van der Waals surface area (Å²) in [6.07, 6.45) is 9.02. The maximum atomic E-state index is 12.3. The monoisotopic (exact) mass is 595 g/mol. The van der Waals surface area contributed by atoms with Crippen molar-refractivity contribution in [3.63, 3.8) is 0 Å². The van der Waals surface area contributed by atoms with Gasteiger partial charge in [0.1, 0.15) is 5.54 Å². The molecule has 0 amide bonds. The average molecular weight is 596 g/mol. The van der Waals surface area contributed by atoms with E-state index in [1.807, 2.05) is 24.5 Å². The number of allylic oxidation sites excluding steroid dienone is 1. The van der Waals surface area contributed by atoms with Crippen LogP contribution in [0, 0.1) is 0 Å². The Morgan fingerprint density at radius 2 is 1.31 bits per heavy atom. The van der Waals surface area contributed by atoms with Crippen LogP contribution in [0.5, 0.6) is 0 Å². The Balaban J connectivity index is 1.26. The lowest BCUT2D eigenvalue weighted by molar-refractivity contribution is 0.514. The zero-order valence-electron chi connectivity index (χ0n) is 23.3. The van der Waals surface area contributed by atoms with Crippen molar-refractivity contribution in [3.8, 4) is 0 Å². The van der Waals surface area contributed by atoms with Crippen LogP contribution >= 0.6 is 11.6 Å². The number of imidazole rings is 1. The average Bonchev–Trinajstić information content (AvgIpc) is 3.50. The Hall–Kier alpha value is -3.97. The summed E-state index contributed by atoms with van der Waals surface area (Å²) >= 11 is 5.89.